The third-order valence-electron chi connectivity index (χ3n) is 9.84. The molecule has 10 aromatic rings. The molecule has 2 aromatic heterocycles. The number of ether oxygens (including phenoxy) is 1. The predicted octanol–water partition coefficient (Wildman–Crippen LogP) is 12.6. The van der Waals surface area contributed by atoms with Crippen LogP contribution in [0.1, 0.15) is 11.1 Å². The van der Waals surface area contributed by atoms with Crippen LogP contribution in [0, 0.1) is 10.8 Å². The standard InChI is InChI=1S/C46H29N3O3/c47-45(30-10-2-1-3-11-30)52-46(48)31-14-18-32(19-15-31)49(33-20-24-37-39-22-16-28-8-4-6-12-35(28)43(39)50-41(37)26-33)34-21-25-38-40-23-17-29-9-5-7-13-36(29)44(40)51-42(38)27-34/h1-27,47-48H. The van der Waals surface area contributed by atoms with Gasteiger partial charge in [-0.1, -0.05) is 78.9 Å². The fourth-order valence-electron chi connectivity index (χ4n) is 7.28. The third kappa shape index (κ3) is 4.81. The Morgan fingerprint density at radius 1 is 0.404 bits per heavy atom. The third-order valence-corrected chi connectivity index (χ3v) is 9.84. The maximum Gasteiger partial charge on any atom is 0.221 e. The molecule has 0 aliphatic carbocycles. The number of anilines is 3. The topological polar surface area (TPSA) is 86.5 Å². The van der Waals surface area contributed by atoms with Gasteiger partial charge >= 0.3 is 0 Å². The van der Waals surface area contributed by atoms with Crippen molar-refractivity contribution in [1.82, 2.24) is 0 Å². The lowest BCUT2D eigenvalue weighted by molar-refractivity contribution is 0.538. The van der Waals surface area contributed by atoms with E-state index in [2.05, 4.69) is 89.8 Å². The SMILES string of the molecule is N=C(OC(=N)c1ccc(N(c2ccc3c(c2)oc2c4ccccc4ccc32)c2ccc3c(c2)oc2c4ccccc4ccc32)cc1)c1ccccc1. The maximum atomic E-state index is 8.62. The van der Waals surface area contributed by atoms with Gasteiger partial charge in [-0.3, -0.25) is 10.8 Å². The van der Waals surface area contributed by atoms with Crippen LogP contribution in [0.15, 0.2) is 173 Å². The molecular weight excluding hydrogens is 643 g/mol. The Kier molecular flexibility index (Phi) is 6.69. The van der Waals surface area contributed by atoms with Crippen molar-refractivity contribution >= 4 is 94.3 Å². The van der Waals surface area contributed by atoms with E-state index in [-0.39, 0.29) is 11.8 Å². The van der Waals surface area contributed by atoms with Gasteiger partial charge in [0.2, 0.25) is 11.8 Å². The van der Waals surface area contributed by atoms with Crippen LogP contribution in [0.25, 0.3) is 65.4 Å². The molecule has 0 unspecified atom stereocenters. The van der Waals surface area contributed by atoms with Gasteiger partial charge in [-0.05, 0) is 83.6 Å². The largest absolute Gasteiger partial charge is 0.455 e. The van der Waals surface area contributed by atoms with Crippen molar-refractivity contribution in [2.75, 3.05) is 4.90 Å². The first-order chi connectivity index (χ1) is 25.6. The normalized spacial score (nSPS) is 11.6. The fourth-order valence-corrected chi connectivity index (χ4v) is 7.28. The van der Waals surface area contributed by atoms with Crippen LogP contribution in [-0.4, -0.2) is 11.8 Å². The molecule has 6 heteroatoms. The number of hydrogen-bond donors (Lipinski definition) is 2. The molecular formula is C46H29N3O3. The highest BCUT2D eigenvalue weighted by atomic mass is 16.5. The van der Waals surface area contributed by atoms with Gasteiger partial charge in [-0.25, -0.2) is 0 Å². The summed E-state index contributed by atoms with van der Waals surface area (Å²) in [6, 6.07) is 54.5. The summed E-state index contributed by atoms with van der Waals surface area (Å²) in [6.45, 7) is 0. The Labute approximate surface area is 297 Å². The molecule has 2 N–H and O–H groups in total. The molecule has 0 aliphatic rings. The summed E-state index contributed by atoms with van der Waals surface area (Å²) >= 11 is 0. The van der Waals surface area contributed by atoms with E-state index >= 15 is 0 Å². The van der Waals surface area contributed by atoms with E-state index in [9.17, 15) is 0 Å². The number of nitrogens with one attached hydrogen (secondary N) is 2. The lowest BCUT2D eigenvalue weighted by Crippen LogP contribution is -2.13. The smallest absolute Gasteiger partial charge is 0.221 e. The first-order valence-corrected chi connectivity index (χ1v) is 17.1. The highest BCUT2D eigenvalue weighted by molar-refractivity contribution is 6.17. The zero-order valence-electron chi connectivity index (χ0n) is 27.8. The summed E-state index contributed by atoms with van der Waals surface area (Å²) in [5.74, 6) is -0.172. The first-order valence-electron chi connectivity index (χ1n) is 17.1. The lowest BCUT2D eigenvalue weighted by atomic mass is 10.0. The lowest BCUT2D eigenvalue weighted by Gasteiger charge is -2.25. The van der Waals surface area contributed by atoms with Gasteiger partial charge in [0, 0.05) is 72.6 Å². The quantitative estimate of drug-likeness (QED) is 0.141. The minimum atomic E-state index is -0.0983. The van der Waals surface area contributed by atoms with Crippen LogP contribution in [0.2, 0.25) is 0 Å². The molecule has 0 saturated carbocycles. The summed E-state index contributed by atoms with van der Waals surface area (Å²) in [7, 11) is 0. The molecule has 2 heterocycles. The molecule has 0 spiro atoms. The second kappa shape index (κ2) is 11.7. The average molecular weight is 672 g/mol. The minimum absolute atomic E-state index is 0.0739. The highest BCUT2D eigenvalue weighted by Crippen LogP contribution is 2.42. The van der Waals surface area contributed by atoms with Crippen molar-refractivity contribution in [3.05, 3.63) is 175 Å². The molecule has 10 rings (SSSR count). The minimum Gasteiger partial charge on any atom is -0.455 e. The zero-order valence-corrected chi connectivity index (χ0v) is 27.8. The van der Waals surface area contributed by atoms with Crippen LogP contribution >= 0.6 is 0 Å². The van der Waals surface area contributed by atoms with E-state index in [0.29, 0.717) is 11.1 Å². The van der Waals surface area contributed by atoms with Crippen molar-refractivity contribution in [2.45, 2.75) is 0 Å². The Morgan fingerprint density at radius 3 is 1.38 bits per heavy atom. The molecule has 6 nitrogen and oxygen atoms in total. The fraction of sp³-hybridized carbons (Fsp3) is 0. The summed E-state index contributed by atoms with van der Waals surface area (Å²) in [6.07, 6.45) is 0. The van der Waals surface area contributed by atoms with E-state index in [1.165, 1.54) is 0 Å². The second-order valence-electron chi connectivity index (χ2n) is 12.9. The molecule has 0 bridgehead atoms. The number of hydrogen-bond acceptors (Lipinski definition) is 6. The van der Waals surface area contributed by atoms with Gasteiger partial charge in [-0.15, -0.1) is 0 Å². The molecule has 52 heavy (non-hydrogen) atoms. The van der Waals surface area contributed by atoms with Crippen LogP contribution < -0.4 is 4.90 Å². The number of nitrogens with zero attached hydrogens (tertiary/aromatic N) is 1. The van der Waals surface area contributed by atoms with Gasteiger partial charge < -0.3 is 18.5 Å². The second-order valence-corrected chi connectivity index (χ2v) is 12.9. The van der Waals surface area contributed by atoms with E-state index in [4.69, 9.17) is 24.4 Å². The van der Waals surface area contributed by atoms with Crippen molar-refractivity contribution < 1.29 is 13.6 Å². The van der Waals surface area contributed by atoms with E-state index < -0.39 is 0 Å². The maximum absolute atomic E-state index is 8.62. The molecule has 0 fully saturated rings. The molecule has 0 atom stereocenters. The molecule has 8 aromatic carbocycles. The molecule has 246 valence electrons. The monoisotopic (exact) mass is 671 g/mol. The van der Waals surface area contributed by atoms with Crippen LogP contribution in [0.5, 0.6) is 0 Å². The van der Waals surface area contributed by atoms with Crippen molar-refractivity contribution in [3.63, 3.8) is 0 Å². The van der Waals surface area contributed by atoms with E-state index in [1.807, 2.05) is 66.7 Å². The summed E-state index contributed by atoms with van der Waals surface area (Å²) < 4.78 is 18.8. The Balaban J connectivity index is 1.10. The Morgan fingerprint density at radius 2 is 0.846 bits per heavy atom. The summed E-state index contributed by atoms with van der Waals surface area (Å²) in [5, 5.41) is 25.7. The van der Waals surface area contributed by atoms with Gasteiger partial charge in [-0.2, -0.15) is 0 Å². The molecule has 0 amide bonds. The van der Waals surface area contributed by atoms with Gasteiger partial charge in [0.05, 0.1) is 0 Å². The van der Waals surface area contributed by atoms with Crippen molar-refractivity contribution in [3.8, 4) is 0 Å². The average Bonchev–Trinajstić information content (AvgIpc) is 3.77. The van der Waals surface area contributed by atoms with Crippen LogP contribution in [0.3, 0.4) is 0 Å². The summed E-state index contributed by atoms with van der Waals surface area (Å²) in [4.78, 5) is 2.16. The number of fused-ring (bicyclic) bond motifs is 10. The Bertz CT molecular complexity index is 2880. The van der Waals surface area contributed by atoms with E-state index in [1.54, 1.807) is 12.1 Å². The van der Waals surface area contributed by atoms with Crippen molar-refractivity contribution in [2.24, 2.45) is 0 Å². The van der Waals surface area contributed by atoms with Crippen LogP contribution in [-0.2, 0) is 4.74 Å². The van der Waals surface area contributed by atoms with Gasteiger partial charge in [0.1, 0.15) is 22.3 Å². The van der Waals surface area contributed by atoms with E-state index in [0.717, 1.165) is 82.5 Å². The highest BCUT2D eigenvalue weighted by Gasteiger charge is 2.19. The van der Waals surface area contributed by atoms with Gasteiger partial charge in [0.15, 0.2) is 0 Å². The summed E-state index contributed by atoms with van der Waals surface area (Å²) in [5.41, 5.74) is 7.17. The number of rotatable bonds is 5. The van der Waals surface area contributed by atoms with Gasteiger partial charge in [0.25, 0.3) is 0 Å². The number of furan rings is 2. The van der Waals surface area contributed by atoms with Crippen LogP contribution in [0.4, 0.5) is 17.1 Å². The predicted molar refractivity (Wildman–Crippen MR) is 212 cm³/mol. The molecule has 0 aliphatic heterocycles. The van der Waals surface area contributed by atoms with Crippen molar-refractivity contribution in [1.29, 1.82) is 10.8 Å². The first kappa shape index (κ1) is 29.7. The molecule has 0 radical (unpaired) electrons. The molecule has 0 saturated heterocycles. The zero-order chi connectivity index (χ0) is 34.8. The Hall–Kier alpha value is -7.18. The number of benzene rings is 8.